The van der Waals surface area contributed by atoms with Crippen LogP contribution >= 0.6 is 11.8 Å². The first kappa shape index (κ1) is 9.92. The van der Waals surface area contributed by atoms with Gasteiger partial charge in [0, 0.05) is 11.9 Å². The Morgan fingerprint density at radius 2 is 2.07 bits per heavy atom. The number of aromatic nitrogens is 3. The van der Waals surface area contributed by atoms with E-state index in [-0.39, 0.29) is 0 Å². The van der Waals surface area contributed by atoms with Gasteiger partial charge in [0.1, 0.15) is 5.03 Å². The van der Waals surface area contributed by atoms with E-state index in [9.17, 15) is 0 Å². The van der Waals surface area contributed by atoms with Crippen LogP contribution in [0, 0.1) is 6.92 Å². The van der Waals surface area contributed by atoms with Crippen molar-refractivity contribution < 1.29 is 0 Å². The molecule has 0 amide bonds. The minimum absolute atomic E-state index is 0.657. The Balaban J connectivity index is 2.18. The molecule has 0 spiro atoms. The molecule has 76 valence electrons. The molecule has 2 heterocycles. The zero-order valence-electron chi connectivity index (χ0n) is 8.21. The molecular formula is C10H10N4S. The standard InChI is InChI=1S/C10H10N4S/c1-7-4-5-12-10(14-7)15-9-3-2-8(11)6-13-9/h2-6H,11H2,1H3. The van der Waals surface area contributed by atoms with E-state index in [1.165, 1.54) is 11.8 Å². The number of nitrogens with two attached hydrogens (primary N) is 1. The van der Waals surface area contributed by atoms with Gasteiger partial charge in [0.15, 0.2) is 5.16 Å². The van der Waals surface area contributed by atoms with Gasteiger partial charge in [0.25, 0.3) is 0 Å². The summed E-state index contributed by atoms with van der Waals surface area (Å²) in [5.41, 5.74) is 7.15. The molecular weight excluding hydrogens is 208 g/mol. The molecule has 5 heteroatoms. The largest absolute Gasteiger partial charge is 0.397 e. The van der Waals surface area contributed by atoms with Gasteiger partial charge < -0.3 is 5.73 Å². The molecule has 0 bridgehead atoms. The Labute approximate surface area is 92.0 Å². The summed E-state index contributed by atoms with van der Waals surface area (Å²) in [5.74, 6) is 0. The highest BCUT2D eigenvalue weighted by Crippen LogP contribution is 2.22. The minimum Gasteiger partial charge on any atom is -0.397 e. The van der Waals surface area contributed by atoms with Gasteiger partial charge in [-0.05, 0) is 36.9 Å². The molecule has 0 saturated heterocycles. The molecule has 2 rings (SSSR count). The van der Waals surface area contributed by atoms with Crippen LogP contribution in [0.1, 0.15) is 5.69 Å². The Hall–Kier alpha value is -1.62. The lowest BCUT2D eigenvalue weighted by Crippen LogP contribution is -1.90. The van der Waals surface area contributed by atoms with Crippen LogP contribution in [-0.4, -0.2) is 15.0 Å². The van der Waals surface area contributed by atoms with Crippen molar-refractivity contribution in [3.63, 3.8) is 0 Å². The molecule has 0 aromatic carbocycles. The van der Waals surface area contributed by atoms with Gasteiger partial charge in [-0.15, -0.1) is 0 Å². The molecule has 0 aliphatic rings. The lowest BCUT2D eigenvalue weighted by atomic mass is 10.4. The fourth-order valence-electron chi connectivity index (χ4n) is 1.02. The summed E-state index contributed by atoms with van der Waals surface area (Å²) in [5, 5.41) is 1.54. The van der Waals surface area contributed by atoms with Crippen LogP contribution in [0.3, 0.4) is 0 Å². The number of hydrogen-bond acceptors (Lipinski definition) is 5. The van der Waals surface area contributed by atoms with Gasteiger partial charge in [-0.2, -0.15) is 0 Å². The molecule has 2 aromatic heterocycles. The lowest BCUT2D eigenvalue weighted by molar-refractivity contribution is 0.928. The van der Waals surface area contributed by atoms with E-state index in [0.29, 0.717) is 10.8 Å². The smallest absolute Gasteiger partial charge is 0.194 e. The van der Waals surface area contributed by atoms with Crippen molar-refractivity contribution in [3.8, 4) is 0 Å². The molecule has 0 radical (unpaired) electrons. The van der Waals surface area contributed by atoms with E-state index in [1.807, 2.05) is 25.1 Å². The molecule has 15 heavy (non-hydrogen) atoms. The summed E-state index contributed by atoms with van der Waals surface area (Å²) in [6.07, 6.45) is 3.36. The Kier molecular flexibility index (Phi) is 2.82. The highest BCUT2D eigenvalue weighted by atomic mass is 32.2. The molecule has 0 atom stereocenters. The van der Waals surface area contributed by atoms with Crippen molar-refractivity contribution in [1.82, 2.24) is 15.0 Å². The van der Waals surface area contributed by atoms with Crippen molar-refractivity contribution in [3.05, 3.63) is 36.3 Å². The van der Waals surface area contributed by atoms with Crippen molar-refractivity contribution in [2.24, 2.45) is 0 Å². The summed E-state index contributed by atoms with van der Waals surface area (Å²) >= 11 is 1.42. The number of anilines is 1. The van der Waals surface area contributed by atoms with Crippen LogP contribution in [0.25, 0.3) is 0 Å². The molecule has 0 aliphatic carbocycles. The zero-order valence-corrected chi connectivity index (χ0v) is 9.03. The van der Waals surface area contributed by atoms with Crippen molar-refractivity contribution in [1.29, 1.82) is 0 Å². The second kappa shape index (κ2) is 4.27. The first-order chi connectivity index (χ1) is 7.24. The maximum absolute atomic E-state index is 5.54. The fourth-order valence-corrected chi connectivity index (χ4v) is 1.75. The SMILES string of the molecule is Cc1ccnc(Sc2ccc(N)cn2)n1. The van der Waals surface area contributed by atoms with E-state index >= 15 is 0 Å². The van der Waals surface area contributed by atoms with Crippen molar-refractivity contribution >= 4 is 17.4 Å². The number of pyridine rings is 1. The third-order valence-electron chi connectivity index (χ3n) is 1.73. The highest BCUT2D eigenvalue weighted by molar-refractivity contribution is 7.99. The third-order valence-corrected chi connectivity index (χ3v) is 2.56. The Morgan fingerprint density at radius 3 is 2.73 bits per heavy atom. The summed E-state index contributed by atoms with van der Waals surface area (Å²) in [6.45, 7) is 1.93. The predicted octanol–water partition coefficient (Wildman–Crippen LogP) is 1.91. The van der Waals surface area contributed by atoms with E-state index in [0.717, 1.165) is 10.7 Å². The van der Waals surface area contributed by atoms with E-state index < -0.39 is 0 Å². The number of aryl methyl sites for hydroxylation is 1. The number of nitrogens with zero attached hydrogens (tertiary/aromatic N) is 3. The van der Waals surface area contributed by atoms with Crippen LogP contribution in [0.15, 0.2) is 40.8 Å². The van der Waals surface area contributed by atoms with Crippen LogP contribution in [0.5, 0.6) is 0 Å². The fraction of sp³-hybridized carbons (Fsp3) is 0.100. The van der Waals surface area contributed by atoms with Crippen LogP contribution in [-0.2, 0) is 0 Å². The second-order valence-electron chi connectivity index (χ2n) is 3.01. The minimum atomic E-state index is 0.657. The van der Waals surface area contributed by atoms with Crippen molar-refractivity contribution in [2.45, 2.75) is 17.1 Å². The Morgan fingerprint density at radius 1 is 1.20 bits per heavy atom. The summed E-state index contributed by atoms with van der Waals surface area (Å²) in [7, 11) is 0. The predicted molar refractivity (Wildman–Crippen MR) is 59.5 cm³/mol. The lowest BCUT2D eigenvalue weighted by Gasteiger charge is -2.00. The summed E-state index contributed by atoms with van der Waals surface area (Å²) in [4.78, 5) is 12.6. The van der Waals surface area contributed by atoms with Crippen molar-refractivity contribution in [2.75, 3.05) is 5.73 Å². The quantitative estimate of drug-likeness (QED) is 0.780. The monoisotopic (exact) mass is 218 g/mol. The van der Waals surface area contributed by atoms with E-state index in [4.69, 9.17) is 5.73 Å². The molecule has 4 nitrogen and oxygen atoms in total. The van der Waals surface area contributed by atoms with E-state index in [2.05, 4.69) is 15.0 Å². The van der Waals surface area contributed by atoms with Crippen LogP contribution in [0.2, 0.25) is 0 Å². The normalized spacial score (nSPS) is 10.2. The van der Waals surface area contributed by atoms with Gasteiger partial charge in [-0.25, -0.2) is 15.0 Å². The van der Waals surface area contributed by atoms with Gasteiger partial charge in [-0.1, -0.05) is 0 Å². The molecule has 0 saturated carbocycles. The average Bonchev–Trinajstić information content (AvgIpc) is 2.22. The second-order valence-corrected chi connectivity index (χ2v) is 4.00. The number of nitrogen functional groups attached to an aromatic ring is 1. The first-order valence-electron chi connectivity index (χ1n) is 4.43. The maximum Gasteiger partial charge on any atom is 0.194 e. The van der Waals surface area contributed by atoms with Gasteiger partial charge in [0.05, 0.1) is 11.9 Å². The molecule has 2 N–H and O–H groups in total. The Bertz CT molecular complexity index is 455. The maximum atomic E-state index is 5.54. The first-order valence-corrected chi connectivity index (χ1v) is 5.25. The number of rotatable bonds is 2. The molecule has 0 aliphatic heterocycles. The van der Waals surface area contributed by atoms with Crippen LogP contribution in [0.4, 0.5) is 5.69 Å². The molecule has 0 unspecified atom stereocenters. The zero-order chi connectivity index (χ0) is 10.7. The summed E-state index contributed by atoms with van der Waals surface area (Å²) in [6, 6.07) is 5.53. The van der Waals surface area contributed by atoms with Gasteiger partial charge in [-0.3, -0.25) is 0 Å². The third kappa shape index (κ3) is 2.66. The average molecular weight is 218 g/mol. The van der Waals surface area contributed by atoms with Gasteiger partial charge >= 0.3 is 0 Å². The van der Waals surface area contributed by atoms with Crippen LogP contribution < -0.4 is 5.73 Å². The molecule has 0 fully saturated rings. The summed E-state index contributed by atoms with van der Waals surface area (Å²) < 4.78 is 0. The number of hydrogen-bond donors (Lipinski definition) is 1. The topological polar surface area (TPSA) is 64.7 Å². The molecule has 2 aromatic rings. The van der Waals surface area contributed by atoms with E-state index in [1.54, 1.807) is 12.4 Å². The van der Waals surface area contributed by atoms with Gasteiger partial charge in [0.2, 0.25) is 0 Å². The highest BCUT2D eigenvalue weighted by Gasteiger charge is 2.01.